The minimum atomic E-state index is -0.412. The summed E-state index contributed by atoms with van der Waals surface area (Å²) >= 11 is 2.73. The fourth-order valence-electron chi connectivity index (χ4n) is 2.81. The molecule has 0 saturated heterocycles. The third-order valence-electron chi connectivity index (χ3n) is 4.19. The fraction of sp³-hybridized carbons (Fsp3) is 0.150. The molecule has 3 aromatic heterocycles. The van der Waals surface area contributed by atoms with Gasteiger partial charge in [-0.25, -0.2) is 9.78 Å². The normalized spacial score (nSPS) is 11.0. The van der Waals surface area contributed by atoms with Crippen molar-refractivity contribution in [2.75, 3.05) is 0 Å². The van der Waals surface area contributed by atoms with Crippen LogP contribution in [-0.2, 0) is 11.3 Å². The highest BCUT2D eigenvalue weighted by Crippen LogP contribution is 2.29. The molecule has 0 atom stereocenters. The Morgan fingerprint density at radius 2 is 1.93 bits per heavy atom. The highest BCUT2D eigenvalue weighted by atomic mass is 32.1. The molecule has 7 heteroatoms. The molecule has 0 amide bonds. The number of thiophene rings is 1. The van der Waals surface area contributed by atoms with Crippen molar-refractivity contribution in [1.29, 1.82) is 0 Å². The van der Waals surface area contributed by atoms with Crippen LogP contribution < -0.4 is 5.56 Å². The van der Waals surface area contributed by atoms with Gasteiger partial charge in [-0.3, -0.25) is 9.20 Å². The number of carbonyl (C=O) groups excluding carboxylic acids is 1. The SMILES string of the molecule is Cc1ccc(-c2ccsc2C(=O)OCc2cc(=O)n3c(C)csc3n2)cc1. The van der Waals surface area contributed by atoms with Crippen LogP contribution in [0.4, 0.5) is 0 Å². The fourth-order valence-corrected chi connectivity index (χ4v) is 4.51. The number of fused-ring (bicyclic) bond motifs is 1. The molecule has 1 aromatic carbocycles. The number of carbonyl (C=O) groups is 1. The van der Waals surface area contributed by atoms with E-state index in [0.29, 0.717) is 15.5 Å². The smallest absolute Gasteiger partial charge is 0.349 e. The van der Waals surface area contributed by atoms with Gasteiger partial charge in [0, 0.05) is 22.7 Å². The lowest BCUT2D eigenvalue weighted by Crippen LogP contribution is -2.16. The zero-order valence-corrected chi connectivity index (χ0v) is 16.4. The van der Waals surface area contributed by atoms with Crippen LogP contribution in [0.1, 0.15) is 26.6 Å². The van der Waals surface area contributed by atoms with Gasteiger partial charge in [-0.1, -0.05) is 29.8 Å². The van der Waals surface area contributed by atoms with Crippen LogP contribution in [-0.4, -0.2) is 15.4 Å². The van der Waals surface area contributed by atoms with Crippen LogP contribution in [0.15, 0.2) is 52.0 Å². The first kappa shape index (κ1) is 17.6. The summed E-state index contributed by atoms with van der Waals surface area (Å²) in [5, 5.41) is 3.75. The molecule has 27 heavy (non-hydrogen) atoms. The van der Waals surface area contributed by atoms with Gasteiger partial charge in [-0.2, -0.15) is 0 Å². The monoisotopic (exact) mass is 396 g/mol. The van der Waals surface area contributed by atoms with Gasteiger partial charge in [0.2, 0.25) is 0 Å². The van der Waals surface area contributed by atoms with E-state index in [1.807, 2.05) is 54.9 Å². The molecule has 0 saturated carbocycles. The van der Waals surface area contributed by atoms with Gasteiger partial charge in [-0.05, 0) is 30.9 Å². The Labute approximate surface area is 163 Å². The number of rotatable bonds is 4. The maximum Gasteiger partial charge on any atom is 0.349 e. The molecule has 0 unspecified atom stereocenters. The zero-order valence-electron chi connectivity index (χ0n) is 14.8. The second kappa shape index (κ2) is 7.09. The average molecular weight is 396 g/mol. The summed E-state index contributed by atoms with van der Waals surface area (Å²) in [7, 11) is 0. The molecule has 0 radical (unpaired) electrons. The Balaban J connectivity index is 1.55. The third-order valence-corrected chi connectivity index (χ3v) is 6.03. The molecular formula is C20H16N2O3S2. The first-order valence-electron chi connectivity index (χ1n) is 8.31. The summed E-state index contributed by atoms with van der Waals surface area (Å²) in [5.41, 5.74) is 4.11. The summed E-state index contributed by atoms with van der Waals surface area (Å²) < 4.78 is 6.98. The minimum absolute atomic E-state index is 0.0350. The number of hydrogen-bond donors (Lipinski definition) is 0. The van der Waals surface area contributed by atoms with Crippen LogP contribution in [0, 0.1) is 13.8 Å². The number of nitrogens with zero attached hydrogens (tertiary/aromatic N) is 2. The summed E-state index contributed by atoms with van der Waals surface area (Å²) in [4.78, 5) is 30.3. The van der Waals surface area contributed by atoms with E-state index in [9.17, 15) is 9.59 Å². The van der Waals surface area contributed by atoms with Gasteiger partial charge in [0.25, 0.3) is 5.56 Å². The van der Waals surface area contributed by atoms with Crippen LogP contribution in [0.25, 0.3) is 16.1 Å². The minimum Gasteiger partial charge on any atom is -0.455 e. The average Bonchev–Trinajstić information content (AvgIpc) is 3.28. The Hall–Kier alpha value is -2.77. The van der Waals surface area contributed by atoms with Crippen molar-refractivity contribution in [3.8, 4) is 11.1 Å². The van der Waals surface area contributed by atoms with Crippen LogP contribution in [0.3, 0.4) is 0 Å². The summed E-state index contributed by atoms with van der Waals surface area (Å²) in [6.45, 7) is 3.84. The molecular weight excluding hydrogens is 380 g/mol. The highest BCUT2D eigenvalue weighted by Gasteiger charge is 2.17. The highest BCUT2D eigenvalue weighted by molar-refractivity contribution is 7.15. The second-order valence-corrected chi connectivity index (χ2v) is 7.94. The molecule has 5 nitrogen and oxygen atoms in total. The van der Waals surface area contributed by atoms with E-state index in [-0.39, 0.29) is 12.2 Å². The molecule has 0 bridgehead atoms. The van der Waals surface area contributed by atoms with Gasteiger partial charge in [0.05, 0.1) is 5.69 Å². The number of thiazole rings is 1. The van der Waals surface area contributed by atoms with Gasteiger partial charge in [0.1, 0.15) is 11.5 Å². The maximum atomic E-state index is 12.6. The number of esters is 1. The first-order chi connectivity index (χ1) is 13.0. The van der Waals surface area contributed by atoms with Crippen LogP contribution >= 0.6 is 22.7 Å². The third kappa shape index (κ3) is 3.43. The Kier molecular flexibility index (Phi) is 4.63. The Morgan fingerprint density at radius 1 is 1.15 bits per heavy atom. The number of aryl methyl sites for hydroxylation is 2. The summed E-state index contributed by atoms with van der Waals surface area (Å²) in [6, 6.07) is 11.3. The van der Waals surface area contributed by atoms with Crippen molar-refractivity contribution in [1.82, 2.24) is 9.38 Å². The molecule has 0 fully saturated rings. The van der Waals surface area contributed by atoms with Crippen LogP contribution in [0.5, 0.6) is 0 Å². The summed E-state index contributed by atoms with van der Waals surface area (Å²) in [6.07, 6.45) is 0. The molecule has 4 rings (SSSR count). The van der Waals surface area contributed by atoms with Crippen molar-refractivity contribution < 1.29 is 9.53 Å². The summed E-state index contributed by atoms with van der Waals surface area (Å²) in [5.74, 6) is -0.412. The van der Waals surface area contributed by atoms with Gasteiger partial charge < -0.3 is 4.74 Å². The molecule has 0 aliphatic rings. The van der Waals surface area contributed by atoms with E-state index in [2.05, 4.69) is 4.98 Å². The lowest BCUT2D eigenvalue weighted by Gasteiger charge is -2.06. The second-order valence-electron chi connectivity index (χ2n) is 6.19. The van der Waals surface area contributed by atoms with Crippen molar-refractivity contribution in [3.63, 3.8) is 0 Å². The van der Waals surface area contributed by atoms with Crippen molar-refractivity contribution >= 4 is 33.6 Å². The maximum absolute atomic E-state index is 12.6. The standard InChI is InChI=1S/C20H16N2O3S2/c1-12-3-5-14(6-4-12)16-7-8-26-18(16)19(24)25-10-15-9-17(23)22-13(2)11-27-20(22)21-15/h3-9,11H,10H2,1-2H3. The largest absolute Gasteiger partial charge is 0.455 e. The predicted molar refractivity (Wildman–Crippen MR) is 108 cm³/mol. The molecule has 0 aliphatic heterocycles. The van der Waals surface area contributed by atoms with Crippen molar-refractivity contribution in [2.45, 2.75) is 20.5 Å². The molecule has 0 aliphatic carbocycles. The number of hydrogen-bond acceptors (Lipinski definition) is 6. The van der Waals surface area contributed by atoms with E-state index in [4.69, 9.17) is 4.74 Å². The molecule has 0 N–H and O–H groups in total. The van der Waals surface area contributed by atoms with E-state index in [0.717, 1.165) is 22.4 Å². The Morgan fingerprint density at radius 3 is 2.70 bits per heavy atom. The van der Waals surface area contributed by atoms with E-state index < -0.39 is 5.97 Å². The van der Waals surface area contributed by atoms with Crippen molar-refractivity contribution in [2.24, 2.45) is 0 Å². The van der Waals surface area contributed by atoms with Gasteiger partial charge in [0.15, 0.2) is 4.96 Å². The van der Waals surface area contributed by atoms with Crippen LogP contribution in [0.2, 0.25) is 0 Å². The van der Waals surface area contributed by atoms with Gasteiger partial charge in [-0.15, -0.1) is 22.7 Å². The lowest BCUT2D eigenvalue weighted by atomic mass is 10.1. The molecule has 0 spiro atoms. The Bertz CT molecular complexity index is 1190. The van der Waals surface area contributed by atoms with E-state index in [1.54, 1.807) is 4.40 Å². The van der Waals surface area contributed by atoms with E-state index >= 15 is 0 Å². The number of benzene rings is 1. The predicted octanol–water partition coefficient (Wildman–Crippen LogP) is 4.46. The topological polar surface area (TPSA) is 60.7 Å². The van der Waals surface area contributed by atoms with E-state index in [1.165, 1.54) is 28.7 Å². The molecule has 4 aromatic rings. The van der Waals surface area contributed by atoms with Gasteiger partial charge >= 0.3 is 5.97 Å². The number of ether oxygens (including phenoxy) is 1. The zero-order chi connectivity index (χ0) is 19.0. The lowest BCUT2D eigenvalue weighted by molar-refractivity contribution is 0.0474. The molecule has 3 heterocycles. The molecule has 136 valence electrons. The number of aromatic nitrogens is 2. The quantitative estimate of drug-likeness (QED) is 0.478. The van der Waals surface area contributed by atoms with Crippen molar-refractivity contribution in [3.05, 3.63) is 79.3 Å². The first-order valence-corrected chi connectivity index (χ1v) is 10.1.